The predicted octanol–water partition coefficient (Wildman–Crippen LogP) is 4.87. The van der Waals surface area contributed by atoms with Crippen molar-refractivity contribution in [2.45, 2.75) is 57.2 Å². The molecule has 0 aliphatic heterocycles. The maximum atomic E-state index is 6.13. The third kappa shape index (κ3) is 5.68. The summed E-state index contributed by atoms with van der Waals surface area (Å²) < 4.78 is 6.13. The number of nitrogens with zero attached hydrogens (tertiary/aromatic N) is 3. The van der Waals surface area contributed by atoms with Crippen LogP contribution in [-0.2, 0) is 0 Å². The zero-order valence-electron chi connectivity index (χ0n) is 19.4. The van der Waals surface area contributed by atoms with E-state index in [1.54, 1.807) is 0 Å². The van der Waals surface area contributed by atoms with Crippen molar-refractivity contribution in [2.75, 3.05) is 30.9 Å². The number of anilines is 2. The van der Waals surface area contributed by atoms with Crippen LogP contribution in [0.3, 0.4) is 0 Å². The lowest BCUT2D eigenvalue weighted by atomic mass is 9.91. The van der Waals surface area contributed by atoms with Crippen molar-refractivity contribution in [1.82, 2.24) is 15.3 Å². The lowest BCUT2D eigenvalue weighted by Gasteiger charge is -2.31. The topological polar surface area (TPSA) is 62.3 Å². The molecular formula is C26H35N5O. The maximum absolute atomic E-state index is 6.13. The molecule has 1 aliphatic carbocycles. The molecule has 1 heterocycles. The number of hydrogen-bond acceptors (Lipinski definition) is 6. The first kappa shape index (κ1) is 22.3. The van der Waals surface area contributed by atoms with Crippen molar-refractivity contribution in [2.24, 2.45) is 0 Å². The Balaban J connectivity index is 1.28. The molecule has 0 amide bonds. The van der Waals surface area contributed by atoms with Crippen LogP contribution in [0.25, 0.3) is 10.9 Å². The summed E-state index contributed by atoms with van der Waals surface area (Å²) in [5, 5.41) is 8.41. The van der Waals surface area contributed by atoms with Crippen molar-refractivity contribution >= 4 is 22.7 Å². The Labute approximate surface area is 191 Å². The standard InChI is InChI=1S/C26H35N5O/c1-4-21(32-22-10-6-5-7-11-22)18-27-19-14-16-20(17-15-19)28-26-29-24-13-9-8-12-23(24)25(30-26)31(2)3/h5-13,19-21,27H,4,14-18H2,1-3H3,(H,28,29,30)/t19-,20+,21?. The Bertz CT molecular complexity index is 986. The van der Waals surface area contributed by atoms with Crippen LogP contribution in [0.4, 0.5) is 11.8 Å². The second-order valence-electron chi connectivity index (χ2n) is 8.84. The quantitative estimate of drug-likeness (QED) is 0.502. The van der Waals surface area contributed by atoms with Crippen LogP contribution in [0.2, 0.25) is 0 Å². The lowest BCUT2D eigenvalue weighted by molar-refractivity contribution is 0.183. The molecule has 0 bridgehead atoms. The smallest absolute Gasteiger partial charge is 0.225 e. The monoisotopic (exact) mass is 433 g/mol. The van der Waals surface area contributed by atoms with E-state index in [2.05, 4.69) is 34.6 Å². The molecule has 32 heavy (non-hydrogen) atoms. The summed E-state index contributed by atoms with van der Waals surface area (Å²) in [6.07, 6.45) is 5.71. The molecule has 1 saturated carbocycles. The van der Waals surface area contributed by atoms with Crippen molar-refractivity contribution < 1.29 is 4.74 Å². The van der Waals surface area contributed by atoms with Crippen molar-refractivity contribution in [3.05, 3.63) is 54.6 Å². The fourth-order valence-electron chi connectivity index (χ4n) is 4.35. The van der Waals surface area contributed by atoms with Crippen LogP contribution in [0.15, 0.2) is 54.6 Å². The summed E-state index contributed by atoms with van der Waals surface area (Å²) in [4.78, 5) is 11.6. The fraction of sp³-hybridized carbons (Fsp3) is 0.462. The van der Waals surface area contributed by atoms with E-state index < -0.39 is 0 Å². The minimum Gasteiger partial charge on any atom is -0.489 e. The number of nitrogens with one attached hydrogen (secondary N) is 2. The molecule has 0 spiro atoms. The molecule has 0 radical (unpaired) electrons. The third-order valence-corrected chi connectivity index (χ3v) is 6.20. The Morgan fingerprint density at radius 1 is 0.938 bits per heavy atom. The second-order valence-corrected chi connectivity index (χ2v) is 8.84. The maximum Gasteiger partial charge on any atom is 0.225 e. The average molecular weight is 434 g/mol. The van der Waals surface area contributed by atoms with Gasteiger partial charge in [0.05, 0.1) is 5.52 Å². The highest BCUT2D eigenvalue weighted by atomic mass is 16.5. The number of ether oxygens (including phenoxy) is 1. The highest BCUT2D eigenvalue weighted by Gasteiger charge is 2.23. The minimum absolute atomic E-state index is 0.198. The molecule has 1 atom stereocenters. The Hall–Kier alpha value is -2.86. The van der Waals surface area contributed by atoms with Gasteiger partial charge in [0.2, 0.25) is 5.95 Å². The van der Waals surface area contributed by atoms with Crippen molar-refractivity contribution in [1.29, 1.82) is 0 Å². The SMILES string of the molecule is CCC(CN[C@H]1CC[C@@H](Nc2nc(N(C)C)c3ccccc3n2)CC1)Oc1ccccc1. The van der Waals surface area contributed by atoms with E-state index in [9.17, 15) is 0 Å². The molecule has 6 heteroatoms. The summed E-state index contributed by atoms with van der Waals surface area (Å²) in [5.41, 5.74) is 0.980. The first-order valence-corrected chi connectivity index (χ1v) is 11.8. The van der Waals surface area contributed by atoms with E-state index in [-0.39, 0.29) is 6.10 Å². The van der Waals surface area contributed by atoms with E-state index >= 15 is 0 Å². The number of benzene rings is 2. The van der Waals surface area contributed by atoms with Crippen LogP contribution in [0, 0.1) is 0 Å². The molecule has 170 valence electrons. The van der Waals surface area contributed by atoms with Gasteiger partial charge < -0.3 is 20.3 Å². The summed E-state index contributed by atoms with van der Waals surface area (Å²) >= 11 is 0. The highest BCUT2D eigenvalue weighted by Crippen LogP contribution is 2.26. The van der Waals surface area contributed by atoms with Gasteiger partial charge in [-0.05, 0) is 56.4 Å². The van der Waals surface area contributed by atoms with Gasteiger partial charge in [0.1, 0.15) is 17.7 Å². The van der Waals surface area contributed by atoms with Gasteiger partial charge in [-0.25, -0.2) is 4.98 Å². The molecule has 1 aromatic heterocycles. The van der Waals surface area contributed by atoms with E-state index in [1.807, 2.05) is 56.6 Å². The molecule has 1 unspecified atom stereocenters. The van der Waals surface area contributed by atoms with Crippen LogP contribution < -0.4 is 20.3 Å². The van der Waals surface area contributed by atoms with Gasteiger partial charge in [-0.15, -0.1) is 0 Å². The van der Waals surface area contributed by atoms with Gasteiger partial charge in [-0.1, -0.05) is 37.3 Å². The molecule has 0 saturated heterocycles. The van der Waals surface area contributed by atoms with Crippen LogP contribution in [-0.4, -0.2) is 48.8 Å². The van der Waals surface area contributed by atoms with Gasteiger partial charge in [0.25, 0.3) is 0 Å². The zero-order valence-corrected chi connectivity index (χ0v) is 19.4. The van der Waals surface area contributed by atoms with Gasteiger partial charge in [-0.2, -0.15) is 4.98 Å². The predicted molar refractivity (Wildman–Crippen MR) is 133 cm³/mol. The fourth-order valence-corrected chi connectivity index (χ4v) is 4.35. The minimum atomic E-state index is 0.198. The van der Waals surface area contributed by atoms with Gasteiger partial charge in [-0.3, -0.25) is 0 Å². The molecule has 2 N–H and O–H groups in total. The molecule has 4 rings (SSSR count). The zero-order chi connectivity index (χ0) is 22.3. The highest BCUT2D eigenvalue weighted by molar-refractivity contribution is 5.90. The summed E-state index contributed by atoms with van der Waals surface area (Å²) in [7, 11) is 4.06. The Kier molecular flexibility index (Phi) is 7.43. The lowest BCUT2D eigenvalue weighted by Crippen LogP contribution is -2.41. The van der Waals surface area contributed by atoms with E-state index in [4.69, 9.17) is 14.7 Å². The molecule has 3 aromatic rings. The van der Waals surface area contributed by atoms with Crippen molar-refractivity contribution in [3.8, 4) is 5.75 Å². The van der Waals surface area contributed by atoms with Gasteiger partial charge in [0, 0.05) is 38.1 Å². The normalized spacial score (nSPS) is 19.5. The van der Waals surface area contributed by atoms with Gasteiger partial charge >= 0.3 is 0 Å². The Morgan fingerprint density at radius 3 is 2.34 bits per heavy atom. The summed E-state index contributed by atoms with van der Waals surface area (Å²) in [5.74, 6) is 2.63. The summed E-state index contributed by atoms with van der Waals surface area (Å²) in [6, 6.07) is 19.2. The number of rotatable bonds is 9. The molecule has 6 nitrogen and oxygen atoms in total. The van der Waals surface area contributed by atoms with Crippen LogP contribution in [0.5, 0.6) is 5.75 Å². The summed E-state index contributed by atoms with van der Waals surface area (Å²) in [6.45, 7) is 3.07. The first-order valence-electron chi connectivity index (χ1n) is 11.8. The molecular weight excluding hydrogens is 398 g/mol. The van der Waals surface area contributed by atoms with Crippen molar-refractivity contribution in [3.63, 3.8) is 0 Å². The largest absolute Gasteiger partial charge is 0.489 e. The van der Waals surface area contributed by atoms with Crippen LogP contribution in [0.1, 0.15) is 39.0 Å². The number of aromatic nitrogens is 2. The van der Waals surface area contributed by atoms with Gasteiger partial charge in [0.15, 0.2) is 0 Å². The number of fused-ring (bicyclic) bond motifs is 1. The average Bonchev–Trinajstić information content (AvgIpc) is 2.82. The van der Waals surface area contributed by atoms with E-state index in [0.29, 0.717) is 12.1 Å². The number of hydrogen-bond donors (Lipinski definition) is 2. The molecule has 1 aliphatic rings. The first-order chi connectivity index (χ1) is 15.6. The van der Waals surface area contributed by atoms with Crippen LogP contribution >= 0.6 is 0 Å². The molecule has 2 aromatic carbocycles. The van der Waals surface area contributed by atoms with E-state index in [0.717, 1.165) is 67.1 Å². The van der Waals surface area contributed by atoms with E-state index in [1.165, 1.54) is 0 Å². The number of para-hydroxylation sites is 2. The Morgan fingerprint density at radius 2 is 1.62 bits per heavy atom. The second kappa shape index (κ2) is 10.6. The third-order valence-electron chi connectivity index (χ3n) is 6.20. The molecule has 1 fully saturated rings.